The van der Waals surface area contributed by atoms with Crippen LogP contribution in [0.5, 0.6) is 0 Å². The highest BCUT2D eigenvalue weighted by atomic mass is 16.5. The van der Waals surface area contributed by atoms with Crippen LogP contribution in [-0.4, -0.2) is 43.7 Å². The second kappa shape index (κ2) is 6.68. The van der Waals surface area contributed by atoms with E-state index in [0.29, 0.717) is 12.5 Å². The van der Waals surface area contributed by atoms with Crippen LogP contribution in [0.2, 0.25) is 0 Å². The molecule has 0 aliphatic carbocycles. The molecule has 19 heavy (non-hydrogen) atoms. The summed E-state index contributed by atoms with van der Waals surface area (Å²) in [5, 5.41) is 3.30. The van der Waals surface area contributed by atoms with Crippen molar-refractivity contribution < 1.29 is 9.53 Å². The molecule has 1 aromatic rings. The van der Waals surface area contributed by atoms with E-state index >= 15 is 0 Å². The standard InChI is InChI=1S/C15H22N2O2/c1-3-17(14-9-16-10-14)11-13-7-5-4-6-12(13)8-15(18)19-2/h4-7,14,16H,3,8-11H2,1-2H3. The highest BCUT2D eigenvalue weighted by Gasteiger charge is 2.23. The van der Waals surface area contributed by atoms with Crippen molar-refractivity contribution in [1.29, 1.82) is 0 Å². The van der Waals surface area contributed by atoms with E-state index in [1.807, 2.05) is 18.2 Å². The molecule has 1 N–H and O–H groups in total. The molecule has 0 spiro atoms. The molecular weight excluding hydrogens is 240 g/mol. The van der Waals surface area contributed by atoms with Crippen LogP contribution in [0.4, 0.5) is 0 Å². The van der Waals surface area contributed by atoms with Crippen molar-refractivity contribution in [1.82, 2.24) is 10.2 Å². The largest absolute Gasteiger partial charge is 0.469 e. The van der Waals surface area contributed by atoms with Gasteiger partial charge in [0.05, 0.1) is 13.5 Å². The van der Waals surface area contributed by atoms with Gasteiger partial charge in [-0.1, -0.05) is 31.2 Å². The van der Waals surface area contributed by atoms with Crippen LogP contribution in [0.1, 0.15) is 18.1 Å². The summed E-state index contributed by atoms with van der Waals surface area (Å²) in [6.45, 7) is 6.23. The van der Waals surface area contributed by atoms with Crippen LogP contribution < -0.4 is 5.32 Å². The Morgan fingerprint density at radius 2 is 2.05 bits per heavy atom. The van der Waals surface area contributed by atoms with E-state index in [2.05, 4.69) is 23.2 Å². The van der Waals surface area contributed by atoms with Crippen LogP contribution in [0.3, 0.4) is 0 Å². The summed E-state index contributed by atoms with van der Waals surface area (Å²) >= 11 is 0. The number of likely N-dealkylation sites (N-methyl/N-ethyl adjacent to an activating group) is 1. The van der Waals surface area contributed by atoms with Gasteiger partial charge in [0.2, 0.25) is 0 Å². The number of ether oxygens (including phenoxy) is 1. The number of hydrogen-bond acceptors (Lipinski definition) is 4. The second-order valence-corrected chi connectivity index (χ2v) is 4.90. The van der Waals surface area contributed by atoms with Gasteiger partial charge < -0.3 is 10.1 Å². The summed E-state index contributed by atoms with van der Waals surface area (Å²) in [5.41, 5.74) is 2.29. The predicted octanol–water partition coefficient (Wildman–Crippen LogP) is 1.20. The molecule has 0 unspecified atom stereocenters. The van der Waals surface area contributed by atoms with Crippen molar-refractivity contribution in [2.75, 3.05) is 26.7 Å². The van der Waals surface area contributed by atoms with Crippen molar-refractivity contribution in [3.63, 3.8) is 0 Å². The number of nitrogens with one attached hydrogen (secondary N) is 1. The Hall–Kier alpha value is -1.39. The number of nitrogens with zero attached hydrogens (tertiary/aromatic N) is 1. The average Bonchev–Trinajstić information content (AvgIpc) is 2.37. The molecule has 4 heteroatoms. The fourth-order valence-electron chi connectivity index (χ4n) is 2.36. The van der Waals surface area contributed by atoms with Crippen LogP contribution in [-0.2, 0) is 22.5 Å². The number of benzene rings is 1. The fraction of sp³-hybridized carbons (Fsp3) is 0.533. The van der Waals surface area contributed by atoms with E-state index in [9.17, 15) is 4.79 Å². The van der Waals surface area contributed by atoms with E-state index in [4.69, 9.17) is 4.74 Å². The fourth-order valence-corrected chi connectivity index (χ4v) is 2.36. The van der Waals surface area contributed by atoms with Crippen LogP contribution in [0.25, 0.3) is 0 Å². The van der Waals surface area contributed by atoms with Gasteiger partial charge in [-0.25, -0.2) is 0 Å². The van der Waals surface area contributed by atoms with Gasteiger partial charge in [0.1, 0.15) is 0 Å². The lowest BCUT2D eigenvalue weighted by Crippen LogP contribution is -2.56. The monoisotopic (exact) mass is 262 g/mol. The van der Waals surface area contributed by atoms with Gasteiger partial charge in [0.15, 0.2) is 0 Å². The van der Waals surface area contributed by atoms with Crippen molar-refractivity contribution in [2.24, 2.45) is 0 Å². The molecule has 2 rings (SSSR count). The maximum atomic E-state index is 11.4. The Morgan fingerprint density at radius 3 is 2.58 bits per heavy atom. The van der Waals surface area contributed by atoms with Crippen LogP contribution >= 0.6 is 0 Å². The minimum Gasteiger partial charge on any atom is -0.469 e. The Kier molecular flexibility index (Phi) is 4.93. The lowest BCUT2D eigenvalue weighted by Gasteiger charge is -2.38. The first-order chi connectivity index (χ1) is 9.24. The summed E-state index contributed by atoms with van der Waals surface area (Å²) in [4.78, 5) is 13.9. The molecule has 1 aliphatic heterocycles. The molecule has 0 radical (unpaired) electrons. The van der Waals surface area contributed by atoms with Gasteiger partial charge >= 0.3 is 5.97 Å². The quantitative estimate of drug-likeness (QED) is 0.782. The van der Waals surface area contributed by atoms with E-state index in [-0.39, 0.29) is 5.97 Å². The Balaban J connectivity index is 2.07. The lowest BCUT2D eigenvalue weighted by atomic mass is 10.0. The first kappa shape index (κ1) is 14.0. The van der Waals surface area contributed by atoms with Crippen molar-refractivity contribution >= 4 is 5.97 Å². The highest BCUT2D eigenvalue weighted by Crippen LogP contribution is 2.16. The van der Waals surface area contributed by atoms with Crippen molar-refractivity contribution in [2.45, 2.75) is 25.9 Å². The van der Waals surface area contributed by atoms with E-state index in [1.165, 1.54) is 12.7 Å². The molecule has 0 saturated carbocycles. The van der Waals surface area contributed by atoms with E-state index < -0.39 is 0 Å². The van der Waals surface area contributed by atoms with Gasteiger partial charge in [-0.3, -0.25) is 9.69 Å². The summed E-state index contributed by atoms with van der Waals surface area (Å²) in [5.74, 6) is -0.180. The van der Waals surface area contributed by atoms with Crippen molar-refractivity contribution in [3.05, 3.63) is 35.4 Å². The van der Waals surface area contributed by atoms with Crippen LogP contribution in [0, 0.1) is 0 Å². The highest BCUT2D eigenvalue weighted by molar-refractivity contribution is 5.72. The molecule has 4 nitrogen and oxygen atoms in total. The zero-order chi connectivity index (χ0) is 13.7. The molecule has 0 bridgehead atoms. The summed E-state index contributed by atoms with van der Waals surface area (Å²) in [6.07, 6.45) is 0.354. The van der Waals surface area contributed by atoms with Gasteiger partial charge in [0.25, 0.3) is 0 Å². The van der Waals surface area contributed by atoms with E-state index in [1.54, 1.807) is 0 Å². The van der Waals surface area contributed by atoms with E-state index in [0.717, 1.165) is 31.7 Å². The molecule has 0 atom stereocenters. The first-order valence-corrected chi connectivity index (χ1v) is 6.83. The normalized spacial score (nSPS) is 15.3. The molecular formula is C15H22N2O2. The number of esters is 1. The number of methoxy groups -OCH3 is 1. The number of rotatable bonds is 6. The third-order valence-electron chi connectivity index (χ3n) is 3.74. The molecule has 104 valence electrons. The van der Waals surface area contributed by atoms with Gasteiger partial charge in [-0.15, -0.1) is 0 Å². The first-order valence-electron chi connectivity index (χ1n) is 6.83. The molecule has 1 aromatic carbocycles. The lowest BCUT2D eigenvalue weighted by molar-refractivity contribution is -0.139. The topological polar surface area (TPSA) is 41.6 Å². The molecule has 1 heterocycles. The minimum absolute atomic E-state index is 0.180. The maximum absolute atomic E-state index is 11.4. The molecule has 1 saturated heterocycles. The second-order valence-electron chi connectivity index (χ2n) is 4.90. The third-order valence-corrected chi connectivity index (χ3v) is 3.74. The molecule has 0 amide bonds. The number of carbonyl (C=O) groups is 1. The minimum atomic E-state index is -0.180. The summed E-state index contributed by atoms with van der Waals surface area (Å²) in [7, 11) is 1.43. The maximum Gasteiger partial charge on any atom is 0.309 e. The SMILES string of the molecule is CCN(Cc1ccccc1CC(=O)OC)C1CNC1. The smallest absolute Gasteiger partial charge is 0.309 e. The van der Waals surface area contributed by atoms with Crippen molar-refractivity contribution in [3.8, 4) is 0 Å². The zero-order valence-corrected chi connectivity index (χ0v) is 11.7. The van der Waals surface area contributed by atoms with Gasteiger partial charge in [-0.2, -0.15) is 0 Å². The zero-order valence-electron chi connectivity index (χ0n) is 11.7. The molecule has 1 fully saturated rings. The summed E-state index contributed by atoms with van der Waals surface area (Å²) in [6, 6.07) is 8.74. The Bertz CT molecular complexity index is 430. The molecule has 0 aromatic heterocycles. The predicted molar refractivity (Wildman–Crippen MR) is 74.9 cm³/mol. The Morgan fingerprint density at radius 1 is 1.37 bits per heavy atom. The Labute approximate surface area is 114 Å². The van der Waals surface area contributed by atoms with Gasteiger partial charge in [0, 0.05) is 25.7 Å². The number of hydrogen-bond donors (Lipinski definition) is 1. The van der Waals surface area contributed by atoms with Gasteiger partial charge in [-0.05, 0) is 17.7 Å². The number of carbonyl (C=O) groups excluding carboxylic acids is 1. The average molecular weight is 262 g/mol. The third kappa shape index (κ3) is 3.55. The molecule has 1 aliphatic rings. The van der Waals surface area contributed by atoms with Crippen LogP contribution in [0.15, 0.2) is 24.3 Å². The summed E-state index contributed by atoms with van der Waals surface area (Å²) < 4.78 is 4.76.